The van der Waals surface area contributed by atoms with E-state index in [0.717, 1.165) is 12.8 Å². The summed E-state index contributed by atoms with van der Waals surface area (Å²) >= 11 is 0. The lowest BCUT2D eigenvalue weighted by Gasteiger charge is -2.19. The molecule has 1 aromatic heterocycles. The molecule has 0 atom stereocenters. The Labute approximate surface area is 95.7 Å². The van der Waals surface area contributed by atoms with Crippen molar-refractivity contribution < 1.29 is 14.3 Å². The Morgan fingerprint density at radius 1 is 1.50 bits per heavy atom. The normalized spacial score (nSPS) is 11.8. The van der Waals surface area contributed by atoms with Crippen LogP contribution in [-0.4, -0.2) is 16.1 Å². The molecule has 16 heavy (non-hydrogen) atoms. The van der Waals surface area contributed by atoms with Crippen LogP contribution in [-0.2, 0) is 16.6 Å². The highest BCUT2D eigenvalue weighted by molar-refractivity contribution is 5.69. The number of carboxylic acids is 1. The molecule has 0 aliphatic heterocycles. The molecule has 0 spiro atoms. The number of nitrogens with zero attached hydrogens (tertiary/aromatic N) is 1. The monoisotopic (exact) mass is 225 g/mol. The van der Waals surface area contributed by atoms with E-state index in [9.17, 15) is 4.79 Å². The van der Waals surface area contributed by atoms with E-state index in [0.29, 0.717) is 17.3 Å². The SMILES string of the molecule is CCCC(C)(C)c1nc(CC(=O)O)c(C)o1. The molecule has 0 aromatic carbocycles. The molecule has 0 fully saturated rings. The average Bonchev–Trinajstić information content (AvgIpc) is 2.47. The zero-order valence-corrected chi connectivity index (χ0v) is 10.3. The lowest BCUT2D eigenvalue weighted by Crippen LogP contribution is -2.17. The van der Waals surface area contributed by atoms with Gasteiger partial charge in [-0.05, 0) is 13.3 Å². The Morgan fingerprint density at radius 2 is 2.12 bits per heavy atom. The standard InChI is InChI=1S/C12H19NO3/c1-5-6-12(3,4)11-13-9(7-10(14)15)8(2)16-11/h5-7H2,1-4H3,(H,14,15). The molecule has 1 heterocycles. The van der Waals surface area contributed by atoms with E-state index in [4.69, 9.17) is 9.52 Å². The maximum atomic E-state index is 10.6. The minimum Gasteiger partial charge on any atom is -0.481 e. The number of carboxylic acid groups (broad SMARTS) is 1. The molecule has 4 nitrogen and oxygen atoms in total. The van der Waals surface area contributed by atoms with Gasteiger partial charge in [0.2, 0.25) is 0 Å². The fraction of sp³-hybridized carbons (Fsp3) is 0.667. The number of rotatable bonds is 5. The van der Waals surface area contributed by atoms with Crippen molar-refractivity contribution in [3.63, 3.8) is 0 Å². The zero-order chi connectivity index (χ0) is 12.3. The van der Waals surface area contributed by atoms with Gasteiger partial charge in [-0.2, -0.15) is 0 Å². The smallest absolute Gasteiger partial charge is 0.309 e. The van der Waals surface area contributed by atoms with Crippen LogP contribution in [0.4, 0.5) is 0 Å². The Balaban J connectivity index is 2.95. The number of hydrogen-bond donors (Lipinski definition) is 1. The largest absolute Gasteiger partial charge is 0.481 e. The molecule has 0 bridgehead atoms. The lowest BCUT2D eigenvalue weighted by atomic mass is 9.88. The van der Waals surface area contributed by atoms with Crippen LogP contribution in [0, 0.1) is 6.92 Å². The summed E-state index contributed by atoms with van der Waals surface area (Å²) in [6.07, 6.45) is 1.94. The first-order valence-electron chi connectivity index (χ1n) is 5.55. The van der Waals surface area contributed by atoms with Gasteiger partial charge in [-0.15, -0.1) is 0 Å². The van der Waals surface area contributed by atoms with Crippen LogP contribution < -0.4 is 0 Å². The van der Waals surface area contributed by atoms with Gasteiger partial charge in [0.05, 0.1) is 12.1 Å². The summed E-state index contributed by atoms with van der Waals surface area (Å²) in [5.74, 6) is 0.376. The quantitative estimate of drug-likeness (QED) is 0.836. The van der Waals surface area contributed by atoms with Crippen LogP contribution in [0.1, 0.15) is 51.0 Å². The molecule has 1 aromatic rings. The summed E-state index contributed by atoms with van der Waals surface area (Å²) in [4.78, 5) is 14.9. The van der Waals surface area contributed by atoms with Gasteiger partial charge in [0.15, 0.2) is 5.89 Å². The van der Waals surface area contributed by atoms with E-state index < -0.39 is 5.97 Å². The maximum Gasteiger partial charge on any atom is 0.309 e. The third kappa shape index (κ3) is 2.84. The molecule has 0 radical (unpaired) electrons. The van der Waals surface area contributed by atoms with E-state index in [1.54, 1.807) is 6.92 Å². The van der Waals surface area contributed by atoms with Gasteiger partial charge in [0.1, 0.15) is 5.76 Å². The molecule has 0 aliphatic carbocycles. The molecule has 1 N–H and O–H groups in total. The van der Waals surface area contributed by atoms with Gasteiger partial charge in [-0.1, -0.05) is 27.2 Å². The summed E-state index contributed by atoms with van der Waals surface area (Å²) in [5, 5.41) is 8.73. The van der Waals surface area contributed by atoms with Crippen LogP contribution in [0.25, 0.3) is 0 Å². The fourth-order valence-electron chi connectivity index (χ4n) is 1.76. The van der Waals surface area contributed by atoms with Crippen molar-refractivity contribution in [2.24, 2.45) is 0 Å². The highest BCUT2D eigenvalue weighted by atomic mass is 16.4. The third-order valence-corrected chi connectivity index (χ3v) is 2.67. The first-order chi connectivity index (χ1) is 7.36. The van der Waals surface area contributed by atoms with Crippen LogP contribution in [0.3, 0.4) is 0 Å². The fourth-order valence-corrected chi connectivity index (χ4v) is 1.76. The van der Waals surface area contributed by atoms with Crippen molar-refractivity contribution in [1.29, 1.82) is 0 Å². The summed E-state index contributed by atoms with van der Waals surface area (Å²) < 4.78 is 5.56. The number of aryl methyl sites for hydroxylation is 1. The number of aliphatic carboxylic acids is 1. The first kappa shape index (κ1) is 12.7. The van der Waals surface area contributed by atoms with E-state index in [1.165, 1.54) is 0 Å². The van der Waals surface area contributed by atoms with Crippen LogP contribution in [0.2, 0.25) is 0 Å². The molecular weight excluding hydrogens is 206 g/mol. The second-order valence-electron chi connectivity index (χ2n) is 4.73. The van der Waals surface area contributed by atoms with Crippen molar-refractivity contribution in [1.82, 2.24) is 4.98 Å². The average molecular weight is 225 g/mol. The Bertz CT molecular complexity index is 380. The van der Waals surface area contributed by atoms with Crippen molar-refractivity contribution in [2.45, 2.75) is 52.4 Å². The Hall–Kier alpha value is -1.32. The Kier molecular flexibility index (Phi) is 3.73. The predicted octanol–water partition coefficient (Wildman–Crippen LogP) is 2.69. The van der Waals surface area contributed by atoms with Gasteiger partial charge in [0, 0.05) is 5.41 Å². The minimum absolute atomic E-state index is 0.0719. The number of carbonyl (C=O) groups is 1. The van der Waals surface area contributed by atoms with Gasteiger partial charge in [-0.3, -0.25) is 4.79 Å². The number of aromatic nitrogens is 1. The van der Waals surface area contributed by atoms with Gasteiger partial charge in [0.25, 0.3) is 0 Å². The zero-order valence-electron chi connectivity index (χ0n) is 10.3. The molecule has 4 heteroatoms. The summed E-state index contributed by atoms with van der Waals surface area (Å²) in [6.45, 7) is 7.99. The molecule has 0 unspecified atom stereocenters. The Morgan fingerprint density at radius 3 is 2.62 bits per heavy atom. The number of oxazole rings is 1. The van der Waals surface area contributed by atoms with E-state index >= 15 is 0 Å². The first-order valence-corrected chi connectivity index (χ1v) is 5.55. The molecule has 90 valence electrons. The van der Waals surface area contributed by atoms with Crippen molar-refractivity contribution >= 4 is 5.97 Å². The van der Waals surface area contributed by atoms with Gasteiger partial charge in [-0.25, -0.2) is 4.98 Å². The lowest BCUT2D eigenvalue weighted by molar-refractivity contribution is -0.136. The van der Waals surface area contributed by atoms with Crippen LogP contribution in [0.5, 0.6) is 0 Å². The summed E-state index contributed by atoms with van der Waals surface area (Å²) in [6, 6.07) is 0. The van der Waals surface area contributed by atoms with Gasteiger partial charge >= 0.3 is 5.97 Å². The van der Waals surface area contributed by atoms with Gasteiger partial charge < -0.3 is 9.52 Å². The highest BCUT2D eigenvalue weighted by Gasteiger charge is 2.27. The van der Waals surface area contributed by atoms with E-state index in [2.05, 4.69) is 25.8 Å². The van der Waals surface area contributed by atoms with Crippen molar-refractivity contribution in [3.05, 3.63) is 17.3 Å². The molecule has 0 amide bonds. The van der Waals surface area contributed by atoms with Crippen LogP contribution in [0.15, 0.2) is 4.42 Å². The molecule has 0 saturated carbocycles. The molecule has 1 rings (SSSR count). The summed E-state index contributed by atoms with van der Waals surface area (Å²) in [7, 11) is 0. The molecular formula is C12H19NO3. The second-order valence-corrected chi connectivity index (χ2v) is 4.73. The van der Waals surface area contributed by atoms with E-state index in [-0.39, 0.29) is 11.8 Å². The van der Waals surface area contributed by atoms with E-state index in [1.807, 2.05) is 0 Å². The van der Waals surface area contributed by atoms with Crippen molar-refractivity contribution in [3.8, 4) is 0 Å². The maximum absolute atomic E-state index is 10.6. The molecule has 0 saturated heterocycles. The topological polar surface area (TPSA) is 63.3 Å². The molecule has 0 aliphatic rings. The third-order valence-electron chi connectivity index (χ3n) is 2.67. The highest BCUT2D eigenvalue weighted by Crippen LogP contribution is 2.29. The van der Waals surface area contributed by atoms with Crippen molar-refractivity contribution in [2.75, 3.05) is 0 Å². The second kappa shape index (κ2) is 4.68. The predicted molar refractivity (Wildman–Crippen MR) is 60.5 cm³/mol. The minimum atomic E-state index is -0.878. The number of hydrogen-bond acceptors (Lipinski definition) is 3. The summed E-state index contributed by atoms with van der Waals surface area (Å²) in [5.41, 5.74) is 0.405. The van der Waals surface area contributed by atoms with Crippen LogP contribution >= 0.6 is 0 Å².